The first-order chi connectivity index (χ1) is 15.8. The third-order valence-electron chi connectivity index (χ3n) is 6.25. The highest BCUT2D eigenvalue weighted by Crippen LogP contribution is 2.30. The third-order valence-corrected chi connectivity index (χ3v) is 6.25. The molecule has 0 amide bonds. The van der Waals surface area contributed by atoms with E-state index < -0.39 is 54.7 Å². The van der Waals surface area contributed by atoms with Crippen LogP contribution in [0.4, 0.5) is 8.78 Å². The van der Waals surface area contributed by atoms with E-state index in [0.29, 0.717) is 16.7 Å². The van der Waals surface area contributed by atoms with Gasteiger partial charge in [-0.1, -0.05) is 52.0 Å². The van der Waals surface area contributed by atoms with Gasteiger partial charge in [-0.05, 0) is 46.2 Å². The lowest BCUT2D eigenvalue weighted by Gasteiger charge is -2.40. The van der Waals surface area contributed by atoms with Crippen molar-refractivity contribution in [1.82, 2.24) is 0 Å². The normalized spacial score (nSPS) is 17.5. The van der Waals surface area contributed by atoms with E-state index in [2.05, 4.69) is 0 Å². The highest BCUT2D eigenvalue weighted by molar-refractivity contribution is 5.29. The lowest BCUT2D eigenvalue weighted by atomic mass is 9.78. The molecule has 0 spiro atoms. The summed E-state index contributed by atoms with van der Waals surface area (Å²) in [6.07, 6.45) is -8.40. The molecule has 6 N–H and O–H groups in total. The molecule has 1 unspecified atom stereocenters. The van der Waals surface area contributed by atoms with Gasteiger partial charge in [0.05, 0.1) is 12.7 Å². The van der Waals surface area contributed by atoms with Crippen LogP contribution in [0.15, 0.2) is 36.4 Å². The van der Waals surface area contributed by atoms with Crippen LogP contribution in [0, 0.1) is 11.6 Å². The Morgan fingerprint density at radius 3 is 1.62 bits per heavy atom. The first-order valence-electron chi connectivity index (χ1n) is 11.4. The Morgan fingerprint density at radius 1 is 0.735 bits per heavy atom. The third kappa shape index (κ3) is 6.38. The fourth-order valence-electron chi connectivity index (χ4n) is 4.15. The second-order valence-electron chi connectivity index (χ2n) is 9.60. The maximum atomic E-state index is 14.5. The van der Waals surface area contributed by atoms with Gasteiger partial charge in [0.25, 0.3) is 0 Å². The molecule has 8 heteroatoms. The summed E-state index contributed by atoms with van der Waals surface area (Å²) in [7, 11) is 0. The van der Waals surface area contributed by atoms with Gasteiger partial charge in [0, 0.05) is 12.8 Å². The quantitative estimate of drug-likeness (QED) is 0.292. The molecule has 0 bridgehead atoms. The minimum Gasteiger partial charge on any atom is -0.394 e. The highest BCUT2D eigenvalue weighted by atomic mass is 19.1. The Morgan fingerprint density at radius 2 is 1.18 bits per heavy atom. The van der Waals surface area contributed by atoms with Crippen LogP contribution in [0.3, 0.4) is 0 Å². The fourth-order valence-corrected chi connectivity index (χ4v) is 4.15. The molecule has 0 saturated carbocycles. The average Bonchev–Trinajstić information content (AvgIpc) is 2.76. The molecule has 0 aliphatic heterocycles. The molecule has 2 aromatic rings. The second kappa shape index (κ2) is 11.7. The number of hydrogen-bond donors (Lipinski definition) is 6. The molecule has 0 heterocycles. The number of rotatable bonds is 11. The minimum atomic E-state index is -2.55. The van der Waals surface area contributed by atoms with Crippen LogP contribution in [-0.2, 0) is 12.8 Å². The van der Waals surface area contributed by atoms with Gasteiger partial charge < -0.3 is 30.6 Å². The molecule has 0 radical (unpaired) electrons. The van der Waals surface area contributed by atoms with Crippen molar-refractivity contribution in [2.75, 3.05) is 6.61 Å². The smallest absolute Gasteiger partial charge is 0.126 e. The van der Waals surface area contributed by atoms with Gasteiger partial charge in [-0.2, -0.15) is 0 Å². The molecule has 0 aliphatic carbocycles. The van der Waals surface area contributed by atoms with E-state index >= 15 is 0 Å². The maximum Gasteiger partial charge on any atom is 0.126 e. The zero-order valence-electron chi connectivity index (χ0n) is 20.0. The molecule has 34 heavy (non-hydrogen) atoms. The number of hydrogen-bond acceptors (Lipinski definition) is 6. The monoisotopic (exact) mass is 482 g/mol. The van der Waals surface area contributed by atoms with Crippen molar-refractivity contribution in [3.63, 3.8) is 0 Å². The van der Waals surface area contributed by atoms with Crippen molar-refractivity contribution in [2.24, 2.45) is 0 Å². The Labute approximate surface area is 199 Å². The van der Waals surface area contributed by atoms with E-state index in [4.69, 9.17) is 0 Å². The Hall–Kier alpha value is -1.94. The minimum absolute atomic E-state index is 0.0488. The van der Waals surface area contributed by atoms with E-state index in [0.717, 1.165) is 6.07 Å². The van der Waals surface area contributed by atoms with Crippen LogP contribution in [-0.4, -0.2) is 67.3 Å². The molecule has 0 aromatic heterocycles. The molecule has 0 fully saturated rings. The zero-order chi connectivity index (χ0) is 25.8. The lowest BCUT2D eigenvalue weighted by Crippen LogP contribution is -2.62. The van der Waals surface area contributed by atoms with E-state index in [-0.39, 0.29) is 23.8 Å². The standard InChI is InChI=1S/C26H36F2O6/c1-14(2)18-7-5-16(9-20(18)27)11-22(30)24(32)26(34,25(33)23(31)13-29)12-17-6-8-19(15(3)4)21(28)10-17/h5-10,14-15,22-25,29-34H,11-13H2,1-4H3/t22?,23-,24+,25+,26+/m0/s1. The summed E-state index contributed by atoms with van der Waals surface area (Å²) in [5.74, 6) is -1.15. The van der Waals surface area contributed by atoms with Crippen LogP contribution in [0.1, 0.15) is 61.8 Å². The van der Waals surface area contributed by atoms with Crippen molar-refractivity contribution in [3.05, 3.63) is 70.3 Å². The molecular weight excluding hydrogens is 446 g/mol. The first-order valence-corrected chi connectivity index (χ1v) is 11.4. The van der Waals surface area contributed by atoms with Gasteiger partial charge in [-0.3, -0.25) is 0 Å². The Kier molecular flexibility index (Phi) is 9.71. The molecule has 190 valence electrons. The Balaban J connectivity index is 2.35. The summed E-state index contributed by atoms with van der Waals surface area (Å²) >= 11 is 0. The largest absolute Gasteiger partial charge is 0.394 e. The van der Waals surface area contributed by atoms with Crippen molar-refractivity contribution in [1.29, 1.82) is 0 Å². The van der Waals surface area contributed by atoms with Gasteiger partial charge in [0.2, 0.25) is 0 Å². The van der Waals surface area contributed by atoms with E-state index in [1.54, 1.807) is 12.1 Å². The summed E-state index contributed by atoms with van der Waals surface area (Å²) in [6.45, 7) is 6.37. The van der Waals surface area contributed by atoms with Gasteiger partial charge in [-0.15, -0.1) is 0 Å². The summed E-state index contributed by atoms with van der Waals surface area (Å²) in [5, 5.41) is 62.6. The Bertz CT molecular complexity index is 951. The van der Waals surface area contributed by atoms with E-state index in [1.807, 2.05) is 27.7 Å². The van der Waals surface area contributed by atoms with Gasteiger partial charge in [0.15, 0.2) is 0 Å². The summed E-state index contributed by atoms with van der Waals surface area (Å²) < 4.78 is 28.8. The van der Waals surface area contributed by atoms with Crippen LogP contribution < -0.4 is 0 Å². The zero-order valence-corrected chi connectivity index (χ0v) is 20.0. The molecule has 2 aromatic carbocycles. The van der Waals surface area contributed by atoms with Crippen LogP contribution in [0.2, 0.25) is 0 Å². The van der Waals surface area contributed by atoms with Crippen molar-refractivity contribution >= 4 is 0 Å². The topological polar surface area (TPSA) is 121 Å². The van der Waals surface area contributed by atoms with Gasteiger partial charge >= 0.3 is 0 Å². The average molecular weight is 483 g/mol. The van der Waals surface area contributed by atoms with Crippen LogP contribution >= 0.6 is 0 Å². The highest BCUT2D eigenvalue weighted by Gasteiger charge is 2.48. The number of benzene rings is 2. The van der Waals surface area contributed by atoms with E-state index in [9.17, 15) is 39.4 Å². The van der Waals surface area contributed by atoms with Crippen molar-refractivity contribution in [3.8, 4) is 0 Å². The SMILES string of the molecule is CC(C)c1ccc(CC(O)[C@@H](O)[C@](O)(Cc2ccc(C(C)C)c(F)c2)[C@H](O)[C@@H](O)CO)cc1F. The first kappa shape index (κ1) is 28.3. The number of aliphatic hydroxyl groups is 6. The fraction of sp³-hybridized carbons (Fsp3) is 0.538. The van der Waals surface area contributed by atoms with Gasteiger partial charge in [-0.25, -0.2) is 8.78 Å². The maximum absolute atomic E-state index is 14.5. The van der Waals surface area contributed by atoms with Crippen LogP contribution in [0.5, 0.6) is 0 Å². The molecule has 0 saturated heterocycles. The lowest BCUT2D eigenvalue weighted by molar-refractivity contribution is -0.203. The molecule has 0 aliphatic rings. The van der Waals surface area contributed by atoms with E-state index in [1.165, 1.54) is 18.2 Å². The van der Waals surface area contributed by atoms with Crippen molar-refractivity contribution < 1.29 is 39.4 Å². The van der Waals surface area contributed by atoms with Crippen LogP contribution in [0.25, 0.3) is 0 Å². The summed E-state index contributed by atoms with van der Waals surface area (Å²) in [4.78, 5) is 0. The summed E-state index contributed by atoms with van der Waals surface area (Å²) in [5.41, 5.74) is -1.07. The number of halogens is 2. The molecule has 6 nitrogen and oxygen atoms in total. The summed E-state index contributed by atoms with van der Waals surface area (Å²) in [6, 6.07) is 8.57. The number of aliphatic hydroxyl groups excluding tert-OH is 5. The second-order valence-corrected chi connectivity index (χ2v) is 9.60. The molecular formula is C26H36F2O6. The molecule has 5 atom stereocenters. The van der Waals surface area contributed by atoms with Gasteiger partial charge in [0.1, 0.15) is 35.5 Å². The predicted octanol–water partition coefficient (Wildman–Crippen LogP) is 2.16. The van der Waals surface area contributed by atoms with Crippen molar-refractivity contribution in [2.45, 2.75) is 82.4 Å². The predicted molar refractivity (Wildman–Crippen MR) is 124 cm³/mol. The molecule has 2 rings (SSSR count).